The Kier molecular flexibility index (Phi) is 7.82. The van der Waals surface area contributed by atoms with Gasteiger partial charge in [-0.05, 0) is 107 Å². The van der Waals surface area contributed by atoms with Crippen LogP contribution in [-0.4, -0.2) is 9.13 Å². The van der Waals surface area contributed by atoms with Crippen LogP contribution in [0.15, 0.2) is 224 Å². The summed E-state index contributed by atoms with van der Waals surface area (Å²) in [5.74, 6) is 0. The minimum atomic E-state index is 1.09. The smallest absolute Gasteiger partial charge is 0.0541 e. The summed E-state index contributed by atoms with van der Waals surface area (Å²) in [6.07, 6.45) is 0. The van der Waals surface area contributed by atoms with Crippen molar-refractivity contribution in [1.82, 2.24) is 9.13 Å². The molecule has 0 aliphatic heterocycles. The van der Waals surface area contributed by atoms with Crippen molar-refractivity contribution in [1.29, 1.82) is 0 Å². The maximum atomic E-state index is 2.37. The fourth-order valence-corrected chi connectivity index (χ4v) is 8.64. The summed E-state index contributed by atoms with van der Waals surface area (Å²) in [5.41, 5.74) is 15.2. The molecule has 0 fully saturated rings. The molecule has 0 aliphatic rings. The minimum Gasteiger partial charge on any atom is -0.311 e. The molecular formula is C54H37N3. The van der Waals surface area contributed by atoms with E-state index in [2.05, 4.69) is 238 Å². The van der Waals surface area contributed by atoms with Gasteiger partial charge in [-0.1, -0.05) is 140 Å². The second kappa shape index (κ2) is 13.6. The molecule has 268 valence electrons. The average Bonchev–Trinajstić information content (AvgIpc) is 3.81. The maximum Gasteiger partial charge on any atom is 0.0541 e. The quantitative estimate of drug-likeness (QED) is 0.159. The Morgan fingerprint density at radius 2 is 0.491 bits per heavy atom. The largest absolute Gasteiger partial charge is 0.311 e. The number of anilines is 3. The topological polar surface area (TPSA) is 13.1 Å². The zero-order chi connectivity index (χ0) is 37.7. The van der Waals surface area contributed by atoms with Crippen LogP contribution in [0.5, 0.6) is 0 Å². The van der Waals surface area contributed by atoms with E-state index in [1.165, 1.54) is 65.9 Å². The summed E-state index contributed by atoms with van der Waals surface area (Å²) in [6, 6.07) is 81.0. The van der Waals surface area contributed by atoms with Gasteiger partial charge in [-0.2, -0.15) is 0 Å². The monoisotopic (exact) mass is 727 g/mol. The molecule has 2 heterocycles. The van der Waals surface area contributed by atoms with Crippen LogP contribution >= 0.6 is 0 Å². The molecule has 0 amide bonds. The van der Waals surface area contributed by atoms with Gasteiger partial charge >= 0.3 is 0 Å². The first-order valence-electron chi connectivity index (χ1n) is 19.5. The van der Waals surface area contributed by atoms with Gasteiger partial charge in [0.1, 0.15) is 0 Å². The highest BCUT2D eigenvalue weighted by Crippen LogP contribution is 2.39. The fourth-order valence-electron chi connectivity index (χ4n) is 8.64. The van der Waals surface area contributed by atoms with Crippen LogP contribution in [0.4, 0.5) is 17.1 Å². The molecule has 0 bridgehead atoms. The van der Waals surface area contributed by atoms with Gasteiger partial charge in [0.05, 0.1) is 22.1 Å². The summed E-state index contributed by atoms with van der Waals surface area (Å²) < 4.78 is 4.74. The highest BCUT2D eigenvalue weighted by molar-refractivity contribution is 6.10. The molecule has 3 nitrogen and oxygen atoms in total. The first-order valence-corrected chi connectivity index (χ1v) is 19.5. The Morgan fingerprint density at radius 1 is 0.228 bits per heavy atom. The summed E-state index contributed by atoms with van der Waals surface area (Å²) in [4.78, 5) is 2.35. The lowest BCUT2D eigenvalue weighted by Gasteiger charge is -2.26. The molecule has 0 spiro atoms. The average molecular weight is 728 g/mol. The third kappa shape index (κ3) is 5.60. The number of para-hydroxylation sites is 4. The van der Waals surface area contributed by atoms with Gasteiger partial charge in [-0.3, -0.25) is 0 Å². The number of rotatable bonds is 7. The molecule has 0 unspecified atom stereocenters. The highest BCUT2D eigenvalue weighted by atomic mass is 15.1. The molecule has 0 atom stereocenters. The van der Waals surface area contributed by atoms with Crippen LogP contribution in [0.25, 0.3) is 77.2 Å². The van der Waals surface area contributed by atoms with Crippen molar-refractivity contribution in [2.45, 2.75) is 0 Å². The lowest BCUT2D eigenvalue weighted by molar-refractivity contribution is 1.17. The molecule has 9 aromatic carbocycles. The summed E-state index contributed by atoms with van der Waals surface area (Å²) in [7, 11) is 0. The normalized spacial score (nSPS) is 11.5. The molecule has 11 rings (SSSR count). The molecule has 0 radical (unpaired) electrons. The molecule has 0 N–H and O–H groups in total. The van der Waals surface area contributed by atoms with E-state index < -0.39 is 0 Å². The predicted octanol–water partition coefficient (Wildman–Crippen LogP) is 14.7. The molecule has 0 aliphatic carbocycles. The molecule has 2 aromatic heterocycles. The summed E-state index contributed by atoms with van der Waals surface area (Å²) in [6.45, 7) is 0. The van der Waals surface area contributed by atoms with Gasteiger partial charge in [0.15, 0.2) is 0 Å². The van der Waals surface area contributed by atoms with E-state index in [1.807, 2.05) is 0 Å². The van der Waals surface area contributed by atoms with E-state index in [4.69, 9.17) is 0 Å². The Bertz CT molecular complexity index is 3080. The zero-order valence-electron chi connectivity index (χ0n) is 31.2. The second-order valence-electron chi connectivity index (χ2n) is 14.6. The molecule has 0 saturated heterocycles. The van der Waals surface area contributed by atoms with Gasteiger partial charge in [0.25, 0.3) is 0 Å². The fraction of sp³-hybridized carbons (Fsp3) is 0. The van der Waals surface area contributed by atoms with Crippen molar-refractivity contribution in [2.24, 2.45) is 0 Å². The predicted molar refractivity (Wildman–Crippen MR) is 241 cm³/mol. The standard InChI is InChI=1S/C54H37N3/c1-2-12-38(13-3-1)39-22-28-42(29-23-39)55(44-34-36-46(37-35-44)57-53-20-10-6-16-49(53)50-17-7-11-21-54(50)57)43-30-24-40(25-31-43)41-26-32-45(33-27-41)56-51-18-8-4-14-47(51)48-15-5-9-19-52(48)56/h1-37H. The van der Waals surface area contributed by atoms with E-state index in [0.717, 1.165) is 28.4 Å². The van der Waals surface area contributed by atoms with Crippen LogP contribution < -0.4 is 4.90 Å². The summed E-state index contributed by atoms with van der Waals surface area (Å²) >= 11 is 0. The van der Waals surface area contributed by atoms with Crippen molar-refractivity contribution < 1.29 is 0 Å². The van der Waals surface area contributed by atoms with Gasteiger partial charge < -0.3 is 14.0 Å². The van der Waals surface area contributed by atoms with Crippen molar-refractivity contribution in [3.63, 3.8) is 0 Å². The molecule has 11 aromatic rings. The van der Waals surface area contributed by atoms with Crippen LogP contribution in [0.3, 0.4) is 0 Å². The number of fused-ring (bicyclic) bond motifs is 6. The summed E-state index contributed by atoms with van der Waals surface area (Å²) in [5, 5.41) is 5.07. The van der Waals surface area contributed by atoms with E-state index >= 15 is 0 Å². The first kappa shape index (κ1) is 32.8. The van der Waals surface area contributed by atoms with Crippen molar-refractivity contribution in [3.05, 3.63) is 224 Å². The first-order chi connectivity index (χ1) is 28.3. The highest BCUT2D eigenvalue weighted by Gasteiger charge is 2.17. The SMILES string of the molecule is c1ccc(-c2ccc(N(c3ccc(-c4ccc(-n5c6ccccc6c6ccccc65)cc4)cc3)c3ccc(-n4c5ccccc5c5ccccc54)cc3)cc2)cc1. The number of benzene rings is 9. The Labute approximate surface area is 331 Å². The minimum absolute atomic E-state index is 1.09. The number of nitrogens with zero attached hydrogens (tertiary/aromatic N) is 3. The third-order valence-electron chi connectivity index (χ3n) is 11.3. The van der Waals surface area contributed by atoms with E-state index in [-0.39, 0.29) is 0 Å². The third-order valence-corrected chi connectivity index (χ3v) is 11.3. The van der Waals surface area contributed by atoms with Gasteiger partial charge in [-0.25, -0.2) is 0 Å². The van der Waals surface area contributed by atoms with Crippen LogP contribution in [0.2, 0.25) is 0 Å². The van der Waals surface area contributed by atoms with Crippen molar-refractivity contribution in [2.75, 3.05) is 4.90 Å². The van der Waals surface area contributed by atoms with Crippen molar-refractivity contribution in [3.8, 4) is 33.6 Å². The van der Waals surface area contributed by atoms with Crippen LogP contribution in [0.1, 0.15) is 0 Å². The lowest BCUT2D eigenvalue weighted by atomic mass is 10.0. The lowest BCUT2D eigenvalue weighted by Crippen LogP contribution is -2.10. The van der Waals surface area contributed by atoms with E-state index in [1.54, 1.807) is 0 Å². The van der Waals surface area contributed by atoms with Crippen LogP contribution in [0, 0.1) is 0 Å². The molecule has 57 heavy (non-hydrogen) atoms. The van der Waals surface area contributed by atoms with Crippen LogP contribution in [-0.2, 0) is 0 Å². The Morgan fingerprint density at radius 3 is 0.860 bits per heavy atom. The van der Waals surface area contributed by atoms with E-state index in [0.29, 0.717) is 0 Å². The molecular weight excluding hydrogens is 691 g/mol. The number of aromatic nitrogens is 2. The maximum absolute atomic E-state index is 2.37. The number of hydrogen-bond acceptors (Lipinski definition) is 1. The molecule has 0 saturated carbocycles. The Balaban J connectivity index is 0.959. The van der Waals surface area contributed by atoms with Crippen molar-refractivity contribution >= 4 is 60.7 Å². The van der Waals surface area contributed by atoms with E-state index in [9.17, 15) is 0 Å². The Hall–Kier alpha value is -7.62. The van der Waals surface area contributed by atoms with Gasteiger partial charge in [-0.15, -0.1) is 0 Å². The second-order valence-corrected chi connectivity index (χ2v) is 14.6. The van der Waals surface area contributed by atoms with Gasteiger partial charge in [0, 0.05) is 50.0 Å². The number of hydrogen-bond donors (Lipinski definition) is 0. The van der Waals surface area contributed by atoms with Gasteiger partial charge in [0.2, 0.25) is 0 Å². The zero-order valence-corrected chi connectivity index (χ0v) is 31.2. The molecule has 3 heteroatoms.